The maximum atomic E-state index is 12.2. The second kappa shape index (κ2) is 12.4. The van der Waals surface area contributed by atoms with Crippen molar-refractivity contribution in [1.29, 1.82) is 0 Å². The molecule has 156 valence electrons. The van der Waals surface area contributed by atoms with Crippen molar-refractivity contribution in [3.63, 3.8) is 0 Å². The van der Waals surface area contributed by atoms with Crippen molar-refractivity contribution in [2.75, 3.05) is 0 Å². The zero-order valence-corrected chi connectivity index (χ0v) is 20.9. The fraction of sp³-hybridized carbons (Fsp3) is 0.0800. The summed E-state index contributed by atoms with van der Waals surface area (Å²) in [5.74, 6) is -0.955. The van der Waals surface area contributed by atoms with Crippen molar-refractivity contribution < 1.29 is 44.3 Å². The number of amidine groups is 1. The Labute approximate surface area is 214 Å². The molecule has 1 aliphatic rings. The summed E-state index contributed by atoms with van der Waals surface area (Å²) in [4.78, 5) is 26.3. The third-order valence-electron chi connectivity index (χ3n) is 4.18. The molecule has 3 aromatic carbocycles. The molecule has 0 unspecified atom stereocenters. The van der Waals surface area contributed by atoms with Crippen molar-refractivity contribution in [2.45, 2.75) is 13.8 Å². The first kappa shape index (κ1) is 25.6. The van der Waals surface area contributed by atoms with Gasteiger partial charge in [0.1, 0.15) is 0 Å². The van der Waals surface area contributed by atoms with Crippen molar-refractivity contribution in [3.8, 4) is 11.1 Å². The molecule has 0 atom stereocenters. The van der Waals surface area contributed by atoms with Gasteiger partial charge in [-0.25, -0.2) is 0 Å². The normalized spacial score (nSPS) is 14.9. The Balaban J connectivity index is 0.000000672. The van der Waals surface area contributed by atoms with Gasteiger partial charge in [-0.2, -0.15) is 18.2 Å². The summed E-state index contributed by atoms with van der Waals surface area (Å²) < 4.78 is 0. The molecule has 3 aromatic rings. The monoisotopic (exact) mass is 452 g/mol. The topological polar surface area (TPSA) is 78.8 Å². The number of nitrogens with one attached hydrogen (secondary N) is 1. The first-order valence-electron chi connectivity index (χ1n) is 9.53. The van der Waals surface area contributed by atoms with Crippen LogP contribution < -0.4 is 34.9 Å². The molecule has 1 fully saturated rings. The standard InChI is InChI=1S/C23H17N2OS.C2H4O2.Na/c1-16-7-11-18(12-8-16)19-13-9-17(10-14-19)15-21-22(26)25-23(27-21)24-20-5-3-2-4-6-20;1-2(3)4;/h3-15H,1H3,(H,24,25,26);1H3,(H,3,4);/q-1;;+1. The van der Waals surface area contributed by atoms with Crippen molar-refractivity contribution in [1.82, 2.24) is 5.32 Å². The molecule has 7 heteroatoms. The molecule has 1 aliphatic heterocycles. The zero-order chi connectivity index (χ0) is 22.2. The number of rotatable bonds is 3. The van der Waals surface area contributed by atoms with Crippen LogP contribution in [-0.2, 0) is 9.59 Å². The number of benzene rings is 3. The largest absolute Gasteiger partial charge is 1.00 e. The Morgan fingerprint density at radius 1 is 1.00 bits per heavy atom. The third-order valence-corrected chi connectivity index (χ3v) is 5.09. The number of hydrogen-bond acceptors (Lipinski definition) is 4. The Morgan fingerprint density at radius 2 is 1.53 bits per heavy atom. The van der Waals surface area contributed by atoms with Crippen LogP contribution in [0.3, 0.4) is 0 Å². The van der Waals surface area contributed by atoms with E-state index in [1.54, 1.807) is 12.1 Å². The van der Waals surface area contributed by atoms with Crippen LogP contribution in [0, 0.1) is 13.0 Å². The van der Waals surface area contributed by atoms with Crippen LogP contribution in [0.1, 0.15) is 18.1 Å². The van der Waals surface area contributed by atoms with Crippen LogP contribution in [0.5, 0.6) is 0 Å². The number of amides is 1. The van der Waals surface area contributed by atoms with Crippen LogP contribution in [-0.4, -0.2) is 22.2 Å². The van der Waals surface area contributed by atoms with Gasteiger partial charge in [-0.05, 0) is 47.1 Å². The summed E-state index contributed by atoms with van der Waals surface area (Å²) >= 11 is 1.35. The van der Waals surface area contributed by atoms with Gasteiger partial charge in [-0.3, -0.25) is 14.6 Å². The number of nitrogens with zero attached hydrogens (tertiary/aromatic N) is 1. The van der Waals surface area contributed by atoms with E-state index >= 15 is 0 Å². The molecule has 1 heterocycles. The summed E-state index contributed by atoms with van der Waals surface area (Å²) in [7, 11) is 0. The smallest absolute Gasteiger partial charge is 0.481 e. The number of aryl methyl sites for hydroxylation is 1. The Morgan fingerprint density at radius 3 is 2.09 bits per heavy atom. The molecule has 0 saturated carbocycles. The minimum atomic E-state index is -0.833. The first-order valence-corrected chi connectivity index (χ1v) is 10.3. The molecule has 0 bridgehead atoms. The predicted octanol–water partition coefficient (Wildman–Crippen LogP) is 2.45. The van der Waals surface area contributed by atoms with Gasteiger partial charge in [-0.15, -0.1) is 12.1 Å². The van der Waals surface area contributed by atoms with Crippen LogP contribution in [0.15, 0.2) is 82.7 Å². The average molecular weight is 453 g/mol. The maximum absolute atomic E-state index is 12.2. The zero-order valence-electron chi connectivity index (χ0n) is 18.1. The number of carbonyl (C=O) groups excluding carboxylic acids is 1. The van der Waals surface area contributed by atoms with E-state index in [0.717, 1.165) is 23.7 Å². The van der Waals surface area contributed by atoms with Gasteiger partial charge < -0.3 is 10.4 Å². The molecule has 4 rings (SSSR count). The minimum absolute atomic E-state index is 0. The molecule has 0 aromatic heterocycles. The van der Waals surface area contributed by atoms with Gasteiger partial charge >= 0.3 is 29.6 Å². The van der Waals surface area contributed by atoms with Crippen LogP contribution in [0.2, 0.25) is 0 Å². The van der Waals surface area contributed by atoms with Crippen molar-refractivity contribution >= 4 is 40.6 Å². The second-order valence-electron chi connectivity index (χ2n) is 6.75. The fourth-order valence-electron chi connectivity index (χ4n) is 2.72. The molecule has 0 spiro atoms. The molecule has 2 N–H and O–H groups in total. The number of aliphatic carboxylic acids is 1. The van der Waals surface area contributed by atoms with Gasteiger partial charge in [0.05, 0.1) is 4.91 Å². The molecular formula is C25H21N2NaO3S. The number of aliphatic imine (C=N–C) groups is 1. The van der Waals surface area contributed by atoms with Crippen LogP contribution >= 0.6 is 11.8 Å². The van der Waals surface area contributed by atoms with Crippen LogP contribution in [0.4, 0.5) is 5.69 Å². The van der Waals surface area contributed by atoms with Crippen molar-refractivity contribution in [3.05, 3.63) is 94.9 Å². The first-order chi connectivity index (χ1) is 14.9. The fourth-order valence-corrected chi connectivity index (χ4v) is 3.56. The molecule has 0 radical (unpaired) electrons. The summed E-state index contributed by atoms with van der Waals surface area (Å²) in [5, 5.41) is 10.8. The summed E-state index contributed by atoms with van der Waals surface area (Å²) in [5.41, 5.74) is 5.36. The molecular weight excluding hydrogens is 431 g/mol. The molecule has 1 saturated heterocycles. The Kier molecular flexibility index (Phi) is 9.94. The Bertz CT molecular complexity index is 1120. The summed E-state index contributed by atoms with van der Waals surface area (Å²) in [6.45, 7) is 3.16. The van der Waals surface area contributed by atoms with E-state index in [0.29, 0.717) is 10.1 Å². The number of carboxylic acid groups (broad SMARTS) is 1. The molecule has 32 heavy (non-hydrogen) atoms. The summed E-state index contributed by atoms with van der Waals surface area (Å²) in [6, 6.07) is 26.9. The number of thioether (sulfide) groups is 1. The van der Waals surface area contributed by atoms with Gasteiger partial charge in [0.25, 0.3) is 11.9 Å². The predicted molar refractivity (Wildman–Crippen MR) is 126 cm³/mol. The van der Waals surface area contributed by atoms with Gasteiger partial charge in [0.2, 0.25) is 0 Å². The second-order valence-corrected chi connectivity index (χ2v) is 7.78. The molecule has 5 nitrogen and oxygen atoms in total. The maximum Gasteiger partial charge on any atom is 1.00 e. The van der Waals surface area contributed by atoms with Gasteiger partial charge in [0, 0.05) is 6.92 Å². The van der Waals surface area contributed by atoms with E-state index in [1.807, 2.05) is 30.3 Å². The molecule has 0 aliphatic carbocycles. The molecule has 1 amide bonds. The van der Waals surface area contributed by atoms with Crippen molar-refractivity contribution in [2.24, 2.45) is 4.99 Å². The van der Waals surface area contributed by atoms with E-state index in [9.17, 15) is 4.79 Å². The average Bonchev–Trinajstić information content (AvgIpc) is 3.08. The van der Waals surface area contributed by atoms with Gasteiger partial charge in [0.15, 0.2) is 5.17 Å². The quantitative estimate of drug-likeness (QED) is 0.364. The van der Waals surface area contributed by atoms with Gasteiger partial charge in [-0.1, -0.05) is 54.1 Å². The van der Waals surface area contributed by atoms with Crippen LogP contribution in [0.25, 0.3) is 17.2 Å². The minimum Gasteiger partial charge on any atom is -0.481 e. The number of carbonyl (C=O) groups is 2. The number of carboxylic acids is 1. The van der Waals surface area contributed by atoms with E-state index < -0.39 is 5.97 Å². The van der Waals surface area contributed by atoms with E-state index in [-0.39, 0.29) is 35.5 Å². The van der Waals surface area contributed by atoms with E-state index in [1.165, 1.54) is 22.9 Å². The van der Waals surface area contributed by atoms with E-state index in [2.05, 4.69) is 59.7 Å². The number of hydrogen-bond donors (Lipinski definition) is 2. The summed E-state index contributed by atoms with van der Waals surface area (Å²) in [6.07, 6.45) is 1.89. The van der Waals surface area contributed by atoms with E-state index in [4.69, 9.17) is 9.90 Å². The third kappa shape index (κ3) is 7.80. The SMILES string of the molecule is CC(=O)O.Cc1ccc(-c2ccc(C=C3SC(=Nc4cc[c-]cc4)NC3=O)cc2)cc1.[Na+]. The Hall–Kier alpha value is -2.64.